The summed E-state index contributed by atoms with van der Waals surface area (Å²) in [5.41, 5.74) is 8.94. The Bertz CT molecular complexity index is 502. The highest BCUT2D eigenvalue weighted by Gasteiger charge is 2.09. The van der Waals surface area contributed by atoms with E-state index in [0.29, 0.717) is 6.54 Å². The van der Waals surface area contributed by atoms with Gasteiger partial charge in [-0.15, -0.1) is 0 Å². The molecule has 0 amide bonds. The van der Waals surface area contributed by atoms with Gasteiger partial charge in [0.1, 0.15) is 0 Å². The molecule has 0 atom stereocenters. The summed E-state index contributed by atoms with van der Waals surface area (Å²) < 4.78 is 0. The van der Waals surface area contributed by atoms with E-state index in [-0.39, 0.29) is 0 Å². The van der Waals surface area contributed by atoms with Crippen molar-refractivity contribution in [3.05, 3.63) is 28.9 Å². The first-order chi connectivity index (χ1) is 7.63. The highest BCUT2D eigenvalue weighted by Crippen LogP contribution is 2.31. The highest BCUT2D eigenvalue weighted by atomic mass is 35.5. The molecule has 0 aliphatic rings. The molecule has 4 heteroatoms. The van der Waals surface area contributed by atoms with Gasteiger partial charge in [0.2, 0.25) is 0 Å². The summed E-state index contributed by atoms with van der Waals surface area (Å²) in [6.07, 6.45) is 2.89. The average molecular weight is 238 g/mol. The van der Waals surface area contributed by atoms with Crippen molar-refractivity contribution >= 4 is 28.2 Å². The van der Waals surface area contributed by atoms with E-state index < -0.39 is 0 Å². The molecule has 1 aromatic carbocycles. The van der Waals surface area contributed by atoms with Crippen molar-refractivity contribution in [2.45, 2.75) is 6.42 Å². The second-order valence-corrected chi connectivity index (χ2v) is 4.50. The Balaban J connectivity index is 2.59. The first-order valence-electron chi connectivity index (χ1n) is 5.30. The predicted octanol–water partition coefficient (Wildman–Crippen LogP) is 2.39. The Morgan fingerprint density at radius 1 is 1.38 bits per heavy atom. The fourth-order valence-electron chi connectivity index (χ4n) is 1.89. The van der Waals surface area contributed by atoms with Crippen molar-refractivity contribution in [3.63, 3.8) is 0 Å². The molecule has 0 saturated carbocycles. The Hall–Kier alpha value is -1.19. The molecule has 0 aliphatic carbocycles. The third-order valence-corrected chi connectivity index (χ3v) is 3.03. The lowest BCUT2D eigenvalue weighted by Crippen LogP contribution is -2.09. The standard InChI is InChI=1S/C12H16ClN3/c1-16(2)12-5-9-8(3-4-14)7-15-11(9)6-10(12)13/h5-7,15H,3-4,14H2,1-2H3. The zero-order chi connectivity index (χ0) is 11.7. The normalized spacial score (nSPS) is 11.0. The Morgan fingerprint density at radius 3 is 2.75 bits per heavy atom. The van der Waals surface area contributed by atoms with Crippen LogP contribution in [0, 0.1) is 0 Å². The molecule has 3 nitrogen and oxygen atoms in total. The van der Waals surface area contributed by atoms with Crippen LogP contribution in [-0.4, -0.2) is 25.6 Å². The van der Waals surface area contributed by atoms with Crippen LogP contribution in [0.2, 0.25) is 5.02 Å². The summed E-state index contributed by atoms with van der Waals surface area (Å²) in [6, 6.07) is 4.07. The fourth-order valence-corrected chi connectivity index (χ4v) is 2.23. The van der Waals surface area contributed by atoms with Crippen LogP contribution in [0.5, 0.6) is 0 Å². The minimum atomic E-state index is 0.660. The summed E-state index contributed by atoms with van der Waals surface area (Å²) in [6.45, 7) is 0.660. The smallest absolute Gasteiger partial charge is 0.0660 e. The molecule has 2 aromatic rings. The maximum Gasteiger partial charge on any atom is 0.0660 e. The van der Waals surface area contributed by atoms with Crippen molar-refractivity contribution < 1.29 is 0 Å². The van der Waals surface area contributed by atoms with Crippen LogP contribution < -0.4 is 10.6 Å². The van der Waals surface area contributed by atoms with Gasteiger partial charge in [-0.05, 0) is 30.7 Å². The van der Waals surface area contributed by atoms with Gasteiger partial charge in [-0.3, -0.25) is 0 Å². The number of nitrogens with one attached hydrogen (secondary N) is 1. The maximum absolute atomic E-state index is 6.20. The van der Waals surface area contributed by atoms with E-state index in [2.05, 4.69) is 11.1 Å². The van der Waals surface area contributed by atoms with Crippen molar-refractivity contribution in [1.29, 1.82) is 0 Å². The van der Waals surface area contributed by atoms with Crippen LogP contribution in [0.3, 0.4) is 0 Å². The summed E-state index contributed by atoms with van der Waals surface area (Å²) in [4.78, 5) is 5.24. The van der Waals surface area contributed by atoms with Crippen molar-refractivity contribution in [3.8, 4) is 0 Å². The number of H-pyrrole nitrogens is 1. The highest BCUT2D eigenvalue weighted by molar-refractivity contribution is 6.34. The van der Waals surface area contributed by atoms with Crippen LogP contribution in [0.4, 0.5) is 5.69 Å². The molecule has 2 rings (SSSR count). The minimum absolute atomic E-state index is 0.660. The number of nitrogens with zero attached hydrogens (tertiary/aromatic N) is 1. The van der Waals surface area contributed by atoms with E-state index in [0.717, 1.165) is 22.6 Å². The van der Waals surface area contributed by atoms with Crippen molar-refractivity contribution in [2.75, 3.05) is 25.5 Å². The molecule has 1 aromatic heterocycles. The number of hydrogen-bond acceptors (Lipinski definition) is 2. The molecule has 0 radical (unpaired) electrons. The van der Waals surface area contributed by atoms with Crippen molar-refractivity contribution in [2.24, 2.45) is 5.73 Å². The number of anilines is 1. The number of benzene rings is 1. The van der Waals surface area contributed by atoms with Crippen LogP contribution in [-0.2, 0) is 6.42 Å². The van der Waals surface area contributed by atoms with E-state index in [4.69, 9.17) is 17.3 Å². The summed E-state index contributed by atoms with van der Waals surface area (Å²) in [7, 11) is 3.98. The number of aromatic nitrogens is 1. The van der Waals surface area contributed by atoms with Gasteiger partial charge in [-0.2, -0.15) is 0 Å². The van der Waals surface area contributed by atoms with Gasteiger partial charge >= 0.3 is 0 Å². The molecule has 0 saturated heterocycles. The lowest BCUT2D eigenvalue weighted by Gasteiger charge is -2.14. The molecule has 0 bridgehead atoms. The van der Waals surface area contributed by atoms with Gasteiger partial charge in [0.05, 0.1) is 10.7 Å². The summed E-state index contributed by atoms with van der Waals surface area (Å²) >= 11 is 6.20. The first kappa shape index (κ1) is 11.3. The quantitative estimate of drug-likeness (QED) is 0.861. The molecule has 0 aliphatic heterocycles. The lowest BCUT2D eigenvalue weighted by molar-refractivity contribution is 0.976. The number of hydrogen-bond donors (Lipinski definition) is 2. The molecular weight excluding hydrogens is 222 g/mol. The molecule has 0 fully saturated rings. The van der Waals surface area contributed by atoms with E-state index in [1.807, 2.05) is 31.3 Å². The van der Waals surface area contributed by atoms with Crippen LogP contribution >= 0.6 is 11.6 Å². The zero-order valence-electron chi connectivity index (χ0n) is 9.55. The van der Waals surface area contributed by atoms with E-state index in [1.54, 1.807) is 0 Å². The first-order valence-corrected chi connectivity index (χ1v) is 5.68. The van der Waals surface area contributed by atoms with Gasteiger partial charge in [0, 0.05) is 31.2 Å². The Labute approximate surface area is 100 Å². The van der Waals surface area contributed by atoms with Crippen LogP contribution in [0.1, 0.15) is 5.56 Å². The molecule has 0 unspecified atom stereocenters. The second kappa shape index (κ2) is 4.36. The monoisotopic (exact) mass is 237 g/mol. The number of fused-ring (bicyclic) bond motifs is 1. The third kappa shape index (κ3) is 1.88. The van der Waals surface area contributed by atoms with Crippen LogP contribution in [0.15, 0.2) is 18.3 Å². The van der Waals surface area contributed by atoms with Gasteiger partial charge in [0.25, 0.3) is 0 Å². The zero-order valence-corrected chi connectivity index (χ0v) is 10.3. The van der Waals surface area contributed by atoms with Gasteiger partial charge in [0.15, 0.2) is 0 Å². The Morgan fingerprint density at radius 2 is 2.12 bits per heavy atom. The van der Waals surface area contributed by atoms with Crippen LogP contribution in [0.25, 0.3) is 10.9 Å². The third-order valence-electron chi connectivity index (χ3n) is 2.73. The minimum Gasteiger partial charge on any atom is -0.376 e. The fraction of sp³-hybridized carbons (Fsp3) is 0.333. The average Bonchev–Trinajstić information content (AvgIpc) is 2.60. The topological polar surface area (TPSA) is 45.0 Å². The Kier molecular flexibility index (Phi) is 3.08. The maximum atomic E-state index is 6.20. The van der Waals surface area contributed by atoms with Gasteiger partial charge < -0.3 is 15.6 Å². The number of aromatic amines is 1. The SMILES string of the molecule is CN(C)c1cc2c(CCN)c[nH]c2cc1Cl. The summed E-state index contributed by atoms with van der Waals surface area (Å²) in [5.74, 6) is 0. The molecule has 86 valence electrons. The van der Waals surface area contributed by atoms with E-state index >= 15 is 0 Å². The molecule has 3 N–H and O–H groups in total. The second-order valence-electron chi connectivity index (χ2n) is 4.10. The van der Waals surface area contributed by atoms with Crippen molar-refractivity contribution in [1.82, 2.24) is 4.98 Å². The van der Waals surface area contributed by atoms with Gasteiger partial charge in [-0.25, -0.2) is 0 Å². The largest absolute Gasteiger partial charge is 0.376 e. The van der Waals surface area contributed by atoms with E-state index in [9.17, 15) is 0 Å². The molecular formula is C12H16ClN3. The molecule has 1 heterocycles. The number of halogens is 1. The van der Waals surface area contributed by atoms with E-state index in [1.165, 1.54) is 10.9 Å². The number of nitrogens with two attached hydrogens (primary N) is 1. The number of rotatable bonds is 3. The molecule has 0 spiro atoms. The van der Waals surface area contributed by atoms with Gasteiger partial charge in [-0.1, -0.05) is 11.6 Å². The predicted molar refractivity (Wildman–Crippen MR) is 70.4 cm³/mol. The summed E-state index contributed by atoms with van der Waals surface area (Å²) in [5, 5.41) is 1.97. The molecule has 16 heavy (non-hydrogen) atoms. The lowest BCUT2D eigenvalue weighted by atomic mass is 10.1.